The summed E-state index contributed by atoms with van der Waals surface area (Å²) in [5.41, 5.74) is 1.70. The molecule has 0 spiro atoms. The Morgan fingerprint density at radius 1 is 1.16 bits per heavy atom. The second-order valence-electron chi connectivity index (χ2n) is 6.47. The van der Waals surface area contributed by atoms with Gasteiger partial charge < -0.3 is 14.2 Å². The van der Waals surface area contributed by atoms with E-state index in [1.165, 1.54) is 12.5 Å². The SMILES string of the molecule is Cn1cc(C(=O)c2ccccc2O)cc1-c1nnc2n1CCCCC2. The summed E-state index contributed by atoms with van der Waals surface area (Å²) in [6.07, 6.45) is 6.19. The molecule has 6 nitrogen and oxygen atoms in total. The van der Waals surface area contributed by atoms with Gasteiger partial charge in [0.2, 0.25) is 0 Å². The number of rotatable bonds is 3. The lowest BCUT2D eigenvalue weighted by Crippen LogP contribution is -2.04. The molecule has 0 aliphatic carbocycles. The van der Waals surface area contributed by atoms with Gasteiger partial charge in [0, 0.05) is 31.8 Å². The van der Waals surface area contributed by atoms with Crippen molar-refractivity contribution in [2.75, 3.05) is 0 Å². The number of aryl methyl sites for hydroxylation is 2. The maximum Gasteiger partial charge on any atom is 0.198 e. The molecule has 0 saturated carbocycles. The summed E-state index contributed by atoms with van der Waals surface area (Å²) in [5.74, 6) is 1.61. The van der Waals surface area contributed by atoms with Crippen LogP contribution in [0, 0.1) is 0 Å². The minimum atomic E-state index is -0.199. The number of carbonyl (C=O) groups excluding carboxylic acids is 1. The summed E-state index contributed by atoms with van der Waals surface area (Å²) in [6, 6.07) is 8.43. The van der Waals surface area contributed by atoms with Crippen LogP contribution in [0.4, 0.5) is 0 Å². The lowest BCUT2D eigenvalue weighted by Gasteiger charge is -2.07. The predicted octanol–water partition coefficient (Wildman–Crippen LogP) is 2.95. The highest BCUT2D eigenvalue weighted by Crippen LogP contribution is 2.26. The minimum Gasteiger partial charge on any atom is -0.507 e. The van der Waals surface area contributed by atoms with Crippen LogP contribution >= 0.6 is 0 Å². The van der Waals surface area contributed by atoms with Gasteiger partial charge in [0.05, 0.1) is 11.3 Å². The molecule has 25 heavy (non-hydrogen) atoms. The topological polar surface area (TPSA) is 72.9 Å². The molecular formula is C19H20N4O2. The highest BCUT2D eigenvalue weighted by atomic mass is 16.3. The van der Waals surface area contributed by atoms with E-state index in [2.05, 4.69) is 14.8 Å². The Labute approximate surface area is 145 Å². The molecule has 0 saturated heterocycles. The highest BCUT2D eigenvalue weighted by molar-refractivity contribution is 6.11. The number of hydrogen-bond donors (Lipinski definition) is 1. The summed E-state index contributed by atoms with van der Waals surface area (Å²) in [5, 5.41) is 18.6. The maximum atomic E-state index is 12.7. The van der Waals surface area contributed by atoms with Crippen molar-refractivity contribution in [1.29, 1.82) is 0 Å². The normalized spacial score (nSPS) is 14.1. The summed E-state index contributed by atoms with van der Waals surface area (Å²) in [7, 11) is 1.90. The van der Waals surface area contributed by atoms with Crippen molar-refractivity contribution in [1.82, 2.24) is 19.3 Å². The van der Waals surface area contributed by atoms with E-state index in [-0.39, 0.29) is 11.5 Å². The first-order chi connectivity index (χ1) is 12.1. The van der Waals surface area contributed by atoms with Gasteiger partial charge in [0.1, 0.15) is 11.6 Å². The number of nitrogens with zero attached hydrogens (tertiary/aromatic N) is 4. The molecule has 2 aromatic heterocycles. The quantitative estimate of drug-likeness (QED) is 0.746. The van der Waals surface area contributed by atoms with Gasteiger partial charge in [-0.2, -0.15) is 0 Å². The third kappa shape index (κ3) is 2.73. The average Bonchev–Trinajstić information content (AvgIpc) is 3.10. The molecule has 0 bridgehead atoms. The molecule has 0 radical (unpaired) electrons. The lowest BCUT2D eigenvalue weighted by molar-refractivity contribution is 0.103. The molecular weight excluding hydrogens is 316 g/mol. The number of phenolic OH excluding ortho intramolecular Hbond substituents is 1. The summed E-state index contributed by atoms with van der Waals surface area (Å²) in [4.78, 5) is 12.7. The Morgan fingerprint density at radius 3 is 2.84 bits per heavy atom. The van der Waals surface area contributed by atoms with Gasteiger partial charge in [-0.25, -0.2) is 0 Å². The molecule has 1 aliphatic heterocycles. The Hall–Kier alpha value is -2.89. The number of carbonyl (C=O) groups is 1. The fourth-order valence-electron chi connectivity index (χ4n) is 3.41. The summed E-state index contributed by atoms with van der Waals surface area (Å²) in [6.45, 7) is 0.908. The highest BCUT2D eigenvalue weighted by Gasteiger charge is 2.21. The number of fused-ring (bicyclic) bond motifs is 1. The number of benzene rings is 1. The Bertz CT molecular complexity index is 939. The van der Waals surface area contributed by atoms with Crippen LogP contribution in [0.2, 0.25) is 0 Å². The first-order valence-electron chi connectivity index (χ1n) is 8.56. The zero-order valence-corrected chi connectivity index (χ0v) is 14.1. The summed E-state index contributed by atoms with van der Waals surface area (Å²) >= 11 is 0. The van der Waals surface area contributed by atoms with Crippen LogP contribution < -0.4 is 0 Å². The lowest BCUT2D eigenvalue weighted by atomic mass is 10.0. The fourth-order valence-corrected chi connectivity index (χ4v) is 3.41. The Balaban J connectivity index is 1.73. The van der Waals surface area contributed by atoms with Gasteiger partial charge in [0.25, 0.3) is 0 Å². The molecule has 0 fully saturated rings. The number of ketones is 1. The van der Waals surface area contributed by atoms with Gasteiger partial charge in [-0.1, -0.05) is 18.6 Å². The van der Waals surface area contributed by atoms with Crippen LogP contribution in [0.3, 0.4) is 0 Å². The van der Waals surface area contributed by atoms with E-state index in [0.29, 0.717) is 11.1 Å². The van der Waals surface area contributed by atoms with Crippen LogP contribution in [0.15, 0.2) is 36.5 Å². The Kier molecular flexibility index (Phi) is 3.87. The van der Waals surface area contributed by atoms with Crippen LogP contribution in [0.5, 0.6) is 5.75 Å². The smallest absolute Gasteiger partial charge is 0.198 e. The fraction of sp³-hybridized carbons (Fsp3) is 0.316. The van der Waals surface area contributed by atoms with Gasteiger partial charge in [-0.15, -0.1) is 10.2 Å². The van der Waals surface area contributed by atoms with Crippen molar-refractivity contribution in [2.45, 2.75) is 32.2 Å². The number of phenols is 1. The van der Waals surface area contributed by atoms with E-state index in [1.807, 2.05) is 17.7 Å². The van der Waals surface area contributed by atoms with Gasteiger partial charge in [0.15, 0.2) is 11.6 Å². The third-order valence-corrected chi connectivity index (χ3v) is 4.75. The Morgan fingerprint density at radius 2 is 2.00 bits per heavy atom. The summed E-state index contributed by atoms with van der Waals surface area (Å²) < 4.78 is 4.06. The molecule has 1 aromatic carbocycles. The standard InChI is InChI=1S/C19H20N4O2/c1-22-12-13(18(25)14-7-4-5-8-16(14)24)11-15(22)19-21-20-17-9-3-2-6-10-23(17)19/h4-5,7-8,11-12,24H,2-3,6,9-10H2,1H3. The van der Waals surface area contributed by atoms with E-state index in [9.17, 15) is 9.90 Å². The van der Waals surface area contributed by atoms with Crippen LogP contribution in [0.25, 0.3) is 11.5 Å². The maximum absolute atomic E-state index is 12.7. The number of para-hydroxylation sites is 1. The van der Waals surface area contributed by atoms with Gasteiger partial charge >= 0.3 is 0 Å². The number of aromatic hydroxyl groups is 1. The van der Waals surface area contributed by atoms with Crippen molar-refractivity contribution in [3.8, 4) is 17.3 Å². The second kappa shape index (κ2) is 6.20. The van der Waals surface area contributed by atoms with E-state index in [4.69, 9.17) is 0 Å². The first kappa shape index (κ1) is 15.6. The van der Waals surface area contributed by atoms with E-state index >= 15 is 0 Å². The van der Waals surface area contributed by atoms with Crippen LogP contribution in [-0.2, 0) is 20.0 Å². The average molecular weight is 336 g/mol. The van der Waals surface area contributed by atoms with Crippen molar-refractivity contribution >= 4 is 5.78 Å². The van der Waals surface area contributed by atoms with E-state index in [1.54, 1.807) is 24.4 Å². The molecule has 0 atom stereocenters. The van der Waals surface area contributed by atoms with Crippen molar-refractivity contribution in [3.63, 3.8) is 0 Å². The minimum absolute atomic E-state index is 0.00533. The van der Waals surface area contributed by atoms with E-state index < -0.39 is 0 Å². The molecule has 4 rings (SSSR count). The molecule has 0 unspecified atom stereocenters. The van der Waals surface area contributed by atoms with Gasteiger partial charge in [-0.05, 0) is 31.0 Å². The van der Waals surface area contributed by atoms with Crippen molar-refractivity contribution < 1.29 is 9.90 Å². The van der Waals surface area contributed by atoms with Crippen LogP contribution in [-0.4, -0.2) is 30.2 Å². The van der Waals surface area contributed by atoms with Crippen molar-refractivity contribution in [3.05, 3.63) is 53.5 Å². The molecule has 3 aromatic rings. The zero-order chi connectivity index (χ0) is 17.4. The number of aromatic nitrogens is 4. The van der Waals surface area contributed by atoms with Gasteiger partial charge in [-0.3, -0.25) is 4.79 Å². The van der Waals surface area contributed by atoms with E-state index in [0.717, 1.165) is 43.1 Å². The molecule has 128 valence electrons. The zero-order valence-electron chi connectivity index (χ0n) is 14.1. The molecule has 1 N–H and O–H groups in total. The van der Waals surface area contributed by atoms with Crippen molar-refractivity contribution in [2.24, 2.45) is 7.05 Å². The third-order valence-electron chi connectivity index (χ3n) is 4.75. The predicted molar refractivity (Wildman–Crippen MR) is 93.5 cm³/mol. The first-order valence-corrected chi connectivity index (χ1v) is 8.56. The molecule has 3 heterocycles. The van der Waals surface area contributed by atoms with Crippen LogP contribution in [0.1, 0.15) is 41.0 Å². The molecule has 6 heteroatoms. The number of hydrogen-bond acceptors (Lipinski definition) is 4. The molecule has 0 amide bonds. The molecule has 1 aliphatic rings. The second-order valence-corrected chi connectivity index (χ2v) is 6.47. The largest absolute Gasteiger partial charge is 0.507 e. The monoisotopic (exact) mass is 336 g/mol.